The first-order valence-corrected chi connectivity index (χ1v) is 17.1. The van der Waals surface area contributed by atoms with Gasteiger partial charge in [0, 0.05) is 18.2 Å². The number of rotatable bonds is 14. The molecule has 2 saturated heterocycles. The average molecular weight is 781 g/mol. The standard InChI is InChI=1S/C39H40O17/c40-19-28-33(47)35(49)36(50)38(53-28)56-39(21-52-31(45)17-8-23-3-12-26(42)13-4-23)37(54-32(46)18-9-24-5-14-27(43)15-6-24)34(48)29(55-39)20-51-30(44)16-7-22-1-10-25(41)11-2-22/h1-18,28-29,33-38,40-43,47-50H,19-21H2/t28-,29-,33+,34-,35+,36-,37+,38-,39+/m1/s1. The van der Waals surface area contributed by atoms with E-state index in [0.717, 1.165) is 18.2 Å². The number of hydrogen-bond acceptors (Lipinski definition) is 17. The minimum absolute atomic E-state index is 0.0108. The molecular formula is C39H40O17. The fourth-order valence-electron chi connectivity index (χ4n) is 5.59. The van der Waals surface area contributed by atoms with Gasteiger partial charge in [-0.3, -0.25) is 0 Å². The first-order valence-electron chi connectivity index (χ1n) is 17.1. The zero-order valence-electron chi connectivity index (χ0n) is 29.4. The number of phenolic OH excluding ortho intramolecular Hbond substituents is 3. The van der Waals surface area contributed by atoms with E-state index in [9.17, 15) is 55.2 Å². The van der Waals surface area contributed by atoms with Gasteiger partial charge in [-0.2, -0.15) is 0 Å². The summed E-state index contributed by atoms with van der Waals surface area (Å²) in [5.41, 5.74) is 1.50. The lowest BCUT2D eigenvalue weighted by molar-refractivity contribution is -0.383. The molecular weight excluding hydrogens is 740 g/mol. The van der Waals surface area contributed by atoms with Crippen molar-refractivity contribution < 1.29 is 83.7 Å². The van der Waals surface area contributed by atoms with Gasteiger partial charge in [-0.1, -0.05) is 36.4 Å². The predicted molar refractivity (Wildman–Crippen MR) is 192 cm³/mol. The van der Waals surface area contributed by atoms with Crippen LogP contribution in [0.4, 0.5) is 0 Å². The lowest BCUT2D eigenvalue weighted by atomic mass is 9.99. The second-order valence-electron chi connectivity index (χ2n) is 12.6. The zero-order chi connectivity index (χ0) is 40.4. The highest BCUT2D eigenvalue weighted by atomic mass is 16.8. The Morgan fingerprint density at radius 3 is 1.55 bits per heavy atom. The van der Waals surface area contributed by atoms with Crippen molar-refractivity contribution in [3.8, 4) is 17.2 Å². The summed E-state index contributed by atoms with van der Waals surface area (Å²) in [5.74, 6) is -5.63. The molecule has 0 radical (unpaired) electrons. The van der Waals surface area contributed by atoms with Gasteiger partial charge in [-0.15, -0.1) is 0 Å². The van der Waals surface area contributed by atoms with Gasteiger partial charge in [0.15, 0.2) is 12.4 Å². The predicted octanol–water partition coefficient (Wildman–Crippen LogP) is 0.514. The summed E-state index contributed by atoms with van der Waals surface area (Å²) in [6.07, 6.45) is -7.60. The van der Waals surface area contributed by atoms with Gasteiger partial charge in [-0.05, 0) is 71.3 Å². The normalized spacial score (nSPS) is 27.8. The number of aromatic hydroxyl groups is 3. The number of phenols is 3. The second-order valence-corrected chi connectivity index (χ2v) is 12.6. The number of carbonyl (C=O) groups is 3. The molecule has 17 heteroatoms. The molecule has 56 heavy (non-hydrogen) atoms. The van der Waals surface area contributed by atoms with Crippen molar-refractivity contribution in [1.29, 1.82) is 0 Å². The summed E-state index contributed by atoms with van der Waals surface area (Å²) in [6, 6.07) is 17.4. The third-order valence-electron chi connectivity index (χ3n) is 8.60. The maximum atomic E-state index is 13.2. The molecule has 0 saturated carbocycles. The molecule has 0 aliphatic carbocycles. The van der Waals surface area contributed by atoms with Crippen LogP contribution in [-0.2, 0) is 42.8 Å². The fourth-order valence-corrected chi connectivity index (χ4v) is 5.59. The first-order chi connectivity index (χ1) is 26.8. The average Bonchev–Trinajstić information content (AvgIpc) is 3.44. The molecule has 2 heterocycles. The minimum atomic E-state index is -2.59. The Morgan fingerprint density at radius 2 is 1.07 bits per heavy atom. The summed E-state index contributed by atoms with van der Waals surface area (Å²) >= 11 is 0. The molecule has 5 rings (SSSR count). The Bertz CT molecular complexity index is 1870. The molecule has 0 spiro atoms. The highest BCUT2D eigenvalue weighted by Gasteiger charge is 2.62. The quantitative estimate of drug-likeness (QED) is 0.0629. The summed E-state index contributed by atoms with van der Waals surface area (Å²) in [4.78, 5) is 38.9. The van der Waals surface area contributed by atoms with Crippen molar-refractivity contribution in [2.75, 3.05) is 19.8 Å². The van der Waals surface area contributed by atoms with Gasteiger partial charge in [0.05, 0.1) is 6.61 Å². The van der Waals surface area contributed by atoms with Crippen LogP contribution in [0.1, 0.15) is 16.7 Å². The smallest absolute Gasteiger partial charge is 0.331 e. The van der Waals surface area contributed by atoms with Crippen LogP contribution in [0.3, 0.4) is 0 Å². The first kappa shape index (κ1) is 41.5. The van der Waals surface area contributed by atoms with E-state index in [1.165, 1.54) is 91.0 Å². The summed E-state index contributed by atoms with van der Waals surface area (Å²) in [5, 5.41) is 81.6. The molecule has 8 N–H and O–H groups in total. The number of hydrogen-bond donors (Lipinski definition) is 8. The van der Waals surface area contributed by atoms with Crippen molar-refractivity contribution in [3.05, 3.63) is 108 Å². The van der Waals surface area contributed by atoms with Crippen LogP contribution in [-0.4, -0.2) is 133 Å². The van der Waals surface area contributed by atoms with E-state index < -0.39 is 92.5 Å². The largest absolute Gasteiger partial charge is 0.508 e. The number of benzene rings is 3. The van der Waals surface area contributed by atoms with Crippen LogP contribution in [0, 0.1) is 0 Å². The van der Waals surface area contributed by atoms with E-state index in [-0.39, 0.29) is 17.2 Å². The Hall–Kier alpha value is -5.63. The summed E-state index contributed by atoms with van der Waals surface area (Å²) in [7, 11) is 0. The van der Waals surface area contributed by atoms with Crippen molar-refractivity contribution in [2.24, 2.45) is 0 Å². The number of esters is 3. The van der Waals surface area contributed by atoms with Crippen LogP contribution >= 0.6 is 0 Å². The molecule has 2 fully saturated rings. The number of carbonyl (C=O) groups excluding carboxylic acids is 3. The van der Waals surface area contributed by atoms with E-state index in [1.54, 1.807) is 0 Å². The number of aliphatic hydroxyl groups is 5. The third-order valence-corrected chi connectivity index (χ3v) is 8.60. The van der Waals surface area contributed by atoms with E-state index >= 15 is 0 Å². The Kier molecular flexibility index (Phi) is 13.9. The van der Waals surface area contributed by atoms with E-state index in [2.05, 4.69) is 0 Å². The molecule has 3 aromatic carbocycles. The van der Waals surface area contributed by atoms with Gasteiger partial charge in [0.25, 0.3) is 0 Å². The van der Waals surface area contributed by atoms with Gasteiger partial charge in [-0.25, -0.2) is 14.4 Å². The zero-order valence-corrected chi connectivity index (χ0v) is 29.4. The maximum Gasteiger partial charge on any atom is 0.331 e. The van der Waals surface area contributed by atoms with Crippen molar-refractivity contribution in [3.63, 3.8) is 0 Å². The minimum Gasteiger partial charge on any atom is -0.508 e. The third kappa shape index (κ3) is 10.8. The summed E-state index contributed by atoms with van der Waals surface area (Å²) < 4.78 is 33.8. The lowest BCUT2D eigenvalue weighted by Crippen LogP contribution is -2.63. The molecule has 0 amide bonds. The molecule has 3 aromatic rings. The van der Waals surface area contributed by atoms with Crippen LogP contribution in [0.25, 0.3) is 18.2 Å². The van der Waals surface area contributed by atoms with Crippen molar-refractivity contribution in [2.45, 2.75) is 54.8 Å². The van der Waals surface area contributed by atoms with Crippen LogP contribution in [0.15, 0.2) is 91.0 Å². The molecule has 9 atom stereocenters. The SMILES string of the molecule is O=C(C=Cc1ccc(O)cc1)OC[C@H]1O[C@@](COC(=O)C=Cc2ccc(O)cc2)(O[C@H]2O[C@H](CO)[C@H](O)[C@H](O)[C@H]2O)[C@@H](OC(=O)C=Cc2ccc(O)cc2)[C@@H]1O. The van der Waals surface area contributed by atoms with Crippen molar-refractivity contribution >= 4 is 36.1 Å². The van der Waals surface area contributed by atoms with Gasteiger partial charge in [0.1, 0.15) is 67.1 Å². The molecule has 0 aromatic heterocycles. The van der Waals surface area contributed by atoms with Gasteiger partial charge < -0.3 is 69.3 Å². The number of ether oxygens (including phenoxy) is 6. The van der Waals surface area contributed by atoms with E-state index in [0.29, 0.717) is 16.7 Å². The maximum absolute atomic E-state index is 13.2. The highest BCUT2D eigenvalue weighted by Crippen LogP contribution is 2.39. The van der Waals surface area contributed by atoms with Gasteiger partial charge >= 0.3 is 17.9 Å². The second kappa shape index (κ2) is 18.8. The van der Waals surface area contributed by atoms with Crippen LogP contribution in [0.2, 0.25) is 0 Å². The van der Waals surface area contributed by atoms with E-state index in [4.69, 9.17) is 28.4 Å². The Balaban J connectivity index is 1.44. The Morgan fingerprint density at radius 1 is 0.607 bits per heavy atom. The molecule has 298 valence electrons. The molecule has 0 unspecified atom stereocenters. The molecule has 2 aliphatic rings. The Labute approximate surface area is 319 Å². The van der Waals surface area contributed by atoms with Gasteiger partial charge in [0.2, 0.25) is 5.79 Å². The highest BCUT2D eigenvalue weighted by molar-refractivity contribution is 5.88. The summed E-state index contributed by atoms with van der Waals surface area (Å²) in [6.45, 7) is -2.55. The molecule has 0 bridgehead atoms. The lowest BCUT2D eigenvalue weighted by Gasteiger charge is -2.43. The van der Waals surface area contributed by atoms with E-state index in [1.807, 2.05) is 0 Å². The molecule has 17 nitrogen and oxygen atoms in total. The van der Waals surface area contributed by atoms with Crippen molar-refractivity contribution in [1.82, 2.24) is 0 Å². The van der Waals surface area contributed by atoms with Crippen LogP contribution < -0.4 is 0 Å². The monoisotopic (exact) mass is 780 g/mol. The topological polar surface area (TPSA) is 268 Å². The molecule has 2 aliphatic heterocycles. The van der Waals surface area contributed by atoms with Crippen LogP contribution in [0.5, 0.6) is 17.2 Å². The number of aliphatic hydroxyl groups excluding tert-OH is 5. The fraction of sp³-hybridized carbons (Fsp3) is 0.308.